The Kier molecular flexibility index (Phi) is 4.24. The number of carbonyl (C=O) groups excluding carboxylic acids is 1. The van der Waals surface area contributed by atoms with Gasteiger partial charge in [0, 0.05) is 24.4 Å². The highest BCUT2D eigenvalue weighted by Gasteiger charge is 2.21. The zero-order valence-corrected chi connectivity index (χ0v) is 11.5. The van der Waals surface area contributed by atoms with Gasteiger partial charge in [-0.05, 0) is 26.8 Å². The molecule has 1 aromatic rings. The normalized spacial score (nSPS) is 11.2. The molecule has 1 amide bonds. The molecule has 0 spiro atoms. The van der Waals surface area contributed by atoms with Crippen molar-refractivity contribution in [1.29, 1.82) is 0 Å². The Morgan fingerprint density at radius 1 is 1.47 bits per heavy atom. The summed E-state index contributed by atoms with van der Waals surface area (Å²) in [5, 5.41) is 9.58. The third-order valence-corrected chi connectivity index (χ3v) is 2.28. The Morgan fingerprint density at radius 3 is 2.58 bits per heavy atom. The van der Waals surface area contributed by atoms with Crippen LogP contribution in [0.4, 0.5) is 14.9 Å². The quantitative estimate of drug-likeness (QED) is 0.639. The highest BCUT2D eigenvalue weighted by molar-refractivity contribution is 5.68. The largest absolute Gasteiger partial charge is 0.505 e. The monoisotopic (exact) mass is 270 g/mol. The van der Waals surface area contributed by atoms with Gasteiger partial charge in [-0.1, -0.05) is 0 Å². The predicted molar refractivity (Wildman–Crippen MR) is 70.2 cm³/mol. The van der Waals surface area contributed by atoms with Crippen LogP contribution in [0.5, 0.6) is 5.75 Å². The number of amides is 1. The Balaban J connectivity index is 2.83. The maximum atomic E-state index is 13.3. The molecule has 0 heterocycles. The van der Waals surface area contributed by atoms with E-state index in [0.29, 0.717) is 0 Å². The molecule has 106 valence electrons. The lowest BCUT2D eigenvalue weighted by Gasteiger charge is -2.25. The third-order valence-electron chi connectivity index (χ3n) is 2.28. The summed E-state index contributed by atoms with van der Waals surface area (Å²) in [6, 6.07) is 2.44. The number of rotatable bonds is 2. The summed E-state index contributed by atoms with van der Waals surface area (Å²) < 4.78 is 18.5. The predicted octanol–water partition coefficient (Wildman–Crippen LogP) is 2.48. The minimum Gasteiger partial charge on any atom is -0.505 e. The van der Waals surface area contributed by atoms with Crippen molar-refractivity contribution in [3.8, 4) is 5.75 Å². The topological polar surface area (TPSA) is 75.8 Å². The summed E-state index contributed by atoms with van der Waals surface area (Å²) in [5.74, 6) is -1.32. The van der Waals surface area contributed by atoms with Crippen molar-refractivity contribution in [2.45, 2.75) is 32.9 Å². The van der Waals surface area contributed by atoms with E-state index in [1.807, 2.05) is 0 Å². The number of carbonyl (C=O) groups is 1. The molecular formula is C13H19FN2O3. The van der Waals surface area contributed by atoms with E-state index in [-0.39, 0.29) is 17.8 Å². The first-order valence-electron chi connectivity index (χ1n) is 5.81. The molecule has 0 saturated heterocycles. The number of benzene rings is 1. The Hall–Kier alpha value is -1.98. The lowest BCUT2D eigenvalue weighted by Crippen LogP contribution is -2.33. The van der Waals surface area contributed by atoms with Crippen molar-refractivity contribution in [3.05, 3.63) is 23.5 Å². The van der Waals surface area contributed by atoms with E-state index in [2.05, 4.69) is 0 Å². The molecule has 5 nitrogen and oxygen atoms in total. The van der Waals surface area contributed by atoms with Crippen LogP contribution in [0.2, 0.25) is 0 Å². The number of phenolic OH excluding ortho intramolecular Hbond substituents is 1. The van der Waals surface area contributed by atoms with Crippen LogP contribution in [0.25, 0.3) is 0 Å². The number of ether oxygens (including phenoxy) is 1. The summed E-state index contributed by atoms with van der Waals surface area (Å²) in [7, 11) is 1.49. The summed E-state index contributed by atoms with van der Waals surface area (Å²) in [4.78, 5) is 13.0. The molecular weight excluding hydrogens is 251 g/mol. The minimum absolute atomic E-state index is 0.00269. The van der Waals surface area contributed by atoms with Crippen LogP contribution in [0, 0.1) is 5.82 Å². The molecule has 6 heteroatoms. The molecule has 1 rings (SSSR count). The fourth-order valence-corrected chi connectivity index (χ4v) is 1.46. The smallest absolute Gasteiger partial charge is 0.410 e. The maximum absolute atomic E-state index is 13.3. The number of aromatic hydroxyl groups is 1. The molecule has 0 aliphatic rings. The van der Waals surface area contributed by atoms with Gasteiger partial charge in [0.1, 0.15) is 5.60 Å². The SMILES string of the molecule is CN(Cc1cc(N)cc(F)c1O)C(=O)OC(C)(C)C. The van der Waals surface area contributed by atoms with Crippen molar-refractivity contribution >= 4 is 11.8 Å². The van der Waals surface area contributed by atoms with Crippen molar-refractivity contribution in [2.75, 3.05) is 12.8 Å². The number of nitrogens with two attached hydrogens (primary N) is 1. The molecule has 0 saturated carbocycles. The fraction of sp³-hybridized carbons (Fsp3) is 0.462. The number of anilines is 1. The molecule has 1 aromatic carbocycles. The molecule has 0 atom stereocenters. The van der Waals surface area contributed by atoms with Crippen molar-refractivity contribution < 1.29 is 19.0 Å². The average Bonchev–Trinajstić information content (AvgIpc) is 2.22. The zero-order chi connectivity index (χ0) is 14.8. The first-order valence-corrected chi connectivity index (χ1v) is 5.81. The summed E-state index contributed by atoms with van der Waals surface area (Å²) in [5.41, 5.74) is 5.29. The molecule has 0 unspecified atom stereocenters. The van der Waals surface area contributed by atoms with Crippen molar-refractivity contribution in [1.82, 2.24) is 4.90 Å². The van der Waals surface area contributed by atoms with Gasteiger partial charge in [-0.15, -0.1) is 0 Å². The van der Waals surface area contributed by atoms with Gasteiger partial charge in [0.05, 0.1) is 6.54 Å². The molecule has 3 N–H and O–H groups in total. The zero-order valence-electron chi connectivity index (χ0n) is 11.5. The second-order valence-corrected chi connectivity index (χ2v) is 5.35. The lowest BCUT2D eigenvalue weighted by atomic mass is 10.1. The third kappa shape index (κ3) is 4.31. The molecule has 0 fully saturated rings. The number of nitrogens with zero attached hydrogens (tertiary/aromatic N) is 1. The standard InChI is InChI=1S/C13H19FN2O3/c1-13(2,3)19-12(18)16(4)7-8-5-9(15)6-10(14)11(8)17/h5-6,17H,7,15H2,1-4H3. The van der Waals surface area contributed by atoms with Gasteiger partial charge < -0.3 is 20.5 Å². The number of halogens is 1. The lowest BCUT2D eigenvalue weighted by molar-refractivity contribution is 0.0284. The molecule has 0 aromatic heterocycles. The van der Waals surface area contributed by atoms with Gasteiger partial charge >= 0.3 is 6.09 Å². The van der Waals surface area contributed by atoms with E-state index in [1.165, 1.54) is 18.0 Å². The molecule has 0 aliphatic carbocycles. The van der Waals surface area contributed by atoms with Gasteiger partial charge in [-0.3, -0.25) is 0 Å². The summed E-state index contributed by atoms with van der Waals surface area (Å²) >= 11 is 0. The molecule has 0 radical (unpaired) electrons. The van der Waals surface area contributed by atoms with E-state index in [0.717, 1.165) is 6.07 Å². The molecule has 0 aliphatic heterocycles. The van der Waals surface area contributed by atoms with E-state index < -0.39 is 23.3 Å². The van der Waals surface area contributed by atoms with Gasteiger partial charge in [0.25, 0.3) is 0 Å². The fourth-order valence-electron chi connectivity index (χ4n) is 1.46. The Labute approximate surface area is 111 Å². The van der Waals surface area contributed by atoms with Crippen LogP contribution in [0.3, 0.4) is 0 Å². The van der Waals surface area contributed by atoms with Crippen molar-refractivity contribution in [2.24, 2.45) is 0 Å². The maximum Gasteiger partial charge on any atom is 0.410 e. The van der Waals surface area contributed by atoms with Gasteiger partial charge in [0.2, 0.25) is 0 Å². The van der Waals surface area contributed by atoms with Crippen LogP contribution in [0.1, 0.15) is 26.3 Å². The second kappa shape index (κ2) is 5.34. The number of hydrogen-bond acceptors (Lipinski definition) is 4. The summed E-state index contributed by atoms with van der Waals surface area (Å²) in [6.07, 6.45) is -0.560. The van der Waals surface area contributed by atoms with Gasteiger partial charge in [-0.25, -0.2) is 9.18 Å². The second-order valence-electron chi connectivity index (χ2n) is 5.35. The van der Waals surface area contributed by atoms with E-state index in [9.17, 15) is 14.3 Å². The first-order chi connectivity index (χ1) is 8.60. The van der Waals surface area contributed by atoms with Crippen LogP contribution in [-0.2, 0) is 11.3 Å². The number of nitrogen functional groups attached to an aromatic ring is 1. The first kappa shape index (κ1) is 15.1. The van der Waals surface area contributed by atoms with E-state index >= 15 is 0 Å². The van der Waals surface area contributed by atoms with E-state index in [1.54, 1.807) is 20.8 Å². The van der Waals surface area contributed by atoms with Gasteiger partial charge in [0.15, 0.2) is 11.6 Å². The van der Waals surface area contributed by atoms with Crippen LogP contribution in [0.15, 0.2) is 12.1 Å². The van der Waals surface area contributed by atoms with E-state index in [4.69, 9.17) is 10.5 Å². The Morgan fingerprint density at radius 2 is 2.05 bits per heavy atom. The van der Waals surface area contributed by atoms with Crippen LogP contribution in [-0.4, -0.2) is 28.7 Å². The minimum atomic E-state index is -0.812. The number of phenols is 1. The number of hydrogen-bond donors (Lipinski definition) is 2. The van der Waals surface area contributed by atoms with Crippen LogP contribution < -0.4 is 5.73 Å². The Bertz CT molecular complexity index is 484. The highest BCUT2D eigenvalue weighted by Crippen LogP contribution is 2.25. The molecule has 19 heavy (non-hydrogen) atoms. The average molecular weight is 270 g/mol. The molecule has 0 bridgehead atoms. The van der Waals surface area contributed by atoms with Gasteiger partial charge in [-0.2, -0.15) is 0 Å². The van der Waals surface area contributed by atoms with Crippen molar-refractivity contribution in [3.63, 3.8) is 0 Å². The van der Waals surface area contributed by atoms with Crippen LogP contribution >= 0.6 is 0 Å². The summed E-state index contributed by atoms with van der Waals surface area (Å²) in [6.45, 7) is 5.24. The highest BCUT2D eigenvalue weighted by atomic mass is 19.1.